The molecule has 1 N–H and O–H groups in total. The number of methoxy groups -OCH3 is 2. The third-order valence-electron chi connectivity index (χ3n) is 6.96. The molecule has 5 rings (SSSR count). The number of thiophene rings is 1. The van der Waals surface area contributed by atoms with Gasteiger partial charge in [-0.05, 0) is 61.6 Å². The first kappa shape index (κ1) is 31.4. The van der Waals surface area contributed by atoms with Crippen LogP contribution >= 0.6 is 35.7 Å². The van der Waals surface area contributed by atoms with Crippen molar-refractivity contribution in [3.63, 3.8) is 0 Å². The quantitative estimate of drug-likeness (QED) is 0.0605. The lowest BCUT2D eigenvalue weighted by Gasteiger charge is -2.16. The summed E-state index contributed by atoms with van der Waals surface area (Å²) in [6, 6.07) is 14.5. The van der Waals surface area contributed by atoms with Crippen molar-refractivity contribution in [1.82, 2.24) is 9.55 Å². The van der Waals surface area contributed by atoms with Crippen molar-refractivity contribution in [1.29, 1.82) is 0 Å². The summed E-state index contributed by atoms with van der Waals surface area (Å²) in [6.07, 6.45) is 4.75. The Morgan fingerprint density at radius 2 is 1.89 bits per heavy atom. The second-order valence-electron chi connectivity index (χ2n) is 9.67. The number of hydrogen-bond donors (Lipinski definition) is 2. The SMILES string of the molecule is CCOC(=O)c1c(-c2ccc(OC)c(OC)c2)csc1NC(=O)CSc1nc(S)c(C2=CCCC2)c(=O)n1-c1ccccc1. The van der Waals surface area contributed by atoms with Crippen molar-refractivity contribution in [2.24, 2.45) is 0 Å². The van der Waals surface area contributed by atoms with Crippen molar-refractivity contribution >= 4 is 58.2 Å². The first-order valence-electron chi connectivity index (χ1n) is 13.9. The maximum Gasteiger partial charge on any atom is 0.341 e. The summed E-state index contributed by atoms with van der Waals surface area (Å²) in [5.41, 5.74) is 3.39. The van der Waals surface area contributed by atoms with Gasteiger partial charge in [-0.15, -0.1) is 24.0 Å². The van der Waals surface area contributed by atoms with Crippen molar-refractivity contribution in [3.8, 4) is 28.3 Å². The molecule has 2 aromatic heterocycles. The molecule has 0 bridgehead atoms. The van der Waals surface area contributed by atoms with Gasteiger partial charge in [0, 0.05) is 10.9 Å². The molecule has 0 atom stereocenters. The molecule has 0 radical (unpaired) electrons. The minimum absolute atomic E-state index is 0.0691. The Morgan fingerprint density at radius 1 is 1.11 bits per heavy atom. The molecule has 0 fully saturated rings. The van der Waals surface area contributed by atoms with Gasteiger partial charge >= 0.3 is 5.97 Å². The Hall–Kier alpha value is -4.00. The molecule has 2 aromatic carbocycles. The van der Waals surface area contributed by atoms with Crippen LogP contribution in [0.4, 0.5) is 5.00 Å². The average Bonchev–Trinajstić information content (AvgIpc) is 3.71. The van der Waals surface area contributed by atoms with Crippen LogP contribution in [0, 0.1) is 0 Å². The topological polar surface area (TPSA) is 109 Å². The van der Waals surface area contributed by atoms with Crippen LogP contribution in [0.5, 0.6) is 11.5 Å². The highest BCUT2D eigenvalue weighted by molar-refractivity contribution is 7.99. The molecular weight excluding hydrogens is 619 g/mol. The summed E-state index contributed by atoms with van der Waals surface area (Å²) < 4.78 is 17.6. The van der Waals surface area contributed by atoms with Crippen LogP contribution in [0.15, 0.2) is 75.0 Å². The number of benzene rings is 2. The third-order valence-corrected chi connectivity index (χ3v) is 9.12. The molecule has 0 saturated carbocycles. The number of nitrogens with zero attached hydrogens (tertiary/aromatic N) is 2. The lowest BCUT2D eigenvalue weighted by molar-refractivity contribution is -0.113. The Kier molecular flexibility index (Phi) is 10.1. The lowest BCUT2D eigenvalue weighted by Crippen LogP contribution is -2.26. The van der Waals surface area contributed by atoms with Gasteiger partial charge in [-0.25, -0.2) is 9.78 Å². The standard InChI is InChI=1S/C32H31N3O6S3/c1-4-41-31(38)27-22(20-14-15-23(39-2)24(16-20)40-3)17-43-29(27)33-25(36)18-44-32-34-28(42)26(19-10-8-9-11-19)30(37)35(32)21-12-6-5-7-13-21/h5-7,10,12-17,42H,4,8-9,11,18H2,1-3H3,(H,33,36). The second kappa shape index (κ2) is 14.2. The van der Waals surface area contributed by atoms with Crippen LogP contribution in [0.3, 0.4) is 0 Å². The van der Waals surface area contributed by atoms with Gasteiger partial charge in [-0.2, -0.15) is 0 Å². The Morgan fingerprint density at radius 3 is 2.57 bits per heavy atom. The van der Waals surface area contributed by atoms with Crippen LogP contribution in [-0.2, 0) is 9.53 Å². The summed E-state index contributed by atoms with van der Waals surface area (Å²) in [6.45, 7) is 1.89. The van der Waals surface area contributed by atoms with Crippen molar-refractivity contribution in [3.05, 3.63) is 81.5 Å². The van der Waals surface area contributed by atoms with Crippen molar-refractivity contribution in [2.45, 2.75) is 36.4 Å². The van der Waals surface area contributed by atoms with Gasteiger partial charge < -0.3 is 19.5 Å². The van der Waals surface area contributed by atoms with Gasteiger partial charge in [-0.1, -0.05) is 42.1 Å². The molecule has 228 valence electrons. The van der Waals surface area contributed by atoms with Crippen molar-refractivity contribution in [2.75, 3.05) is 31.9 Å². The van der Waals surface area contributed by atoms with E-state index in [-0.39, 0.29) is 29.4 Å². The number of anilines is 1. The lowest BCUT2D eigenvalue weighted by atomic mass is 10.0. The molecule has 0 spiro atoms. The molecule has 4 aromatic rings. The van der Waals surface area contributed by atoms with E-state index in [1.807, 2.05) is 36.4 Å². The number of carbonyl (C=O) groups excluding carboxylic acids is 2. The first-order valence-corrected chi connectivity index (χ1v) is 16.2. The summed E-state index contributed by atoms with van der Waals surface area (Å²) in [5.74, 6) is 0.0508. The second-order valence-corrected chi connectivity index (χ2v) is 11.9. The monoisotopic (exact) mass is 649 g/mol. The number of allylic oxidation sites excluding steroid dienone is 2. The minimum Gasteiger partial charge on any atom is -0.493 e. The summed E-state index contributed by atoms with van der Waals surface area (Å²) in [5, 5.41) is 5.68. The molecule has 44 heavy (non-hydrogen) atoms. The maximum atomic E-state index is 13.8. The van der Waals surface area contributed by atoms with Gasteiger partial charge in [0.15, 0.2) is 16.7 Å². The molecule has 0 unspecified atom stereocenters. The zero-order valence-electron chi connectivity index (χ0n) is 24.4. The highest BCUT2D eigenvalue weighted by Crippen LogP contribution is 2.40. The zero-order chi connectivity index (χ0) is 31.2. The van der Waals surface area contributed by atoms with E-state index in [1.54, 1.807) is 31.5 Å². The van der Waals surface area contributed by atoms with Crippen LogP contribution in [0.2, 0.25) is 0 Å². The number of hydrogen-bond acceptors (Lipinski definition) is 10. The van der Waals surface area contributed by atoms with Gasteiger partial charge in [0.1, 0.15) is 15.6 Å². The highest BCUT2D eigenvalue weighted by atomic mass is 32.2. The van der Waals surface area contributed by atoms with E-state index in [0.29, 0.717) is 49.1 Å². The minimum atomic E-state index is -0.558. The van der Waals surface area contributed by atoms with E-state index in [1.165, 1.54) is 23.0 Å². The summed E-state index contributed by atoms with van der Waals surface area (Å²) in [7, 11) is 3.08. The number of aromatic nitrogens is 2. The van der Waals surface area contributed by atoms with Crippen LogP contribution in [0.1, 0.15) is 42.1 Å². The van der Waals surface area contributed by atoms with Gasteiger partial charge in [0.2, 0.25) is 5.91 Å². The Balaban J connectivity index is 1.43. The van der Waals surface area contributed by atoms with E-state index in [4.69, 9.17) is 14.2 Å². The van der Waals surface area contributed by atoms with E-state index >= 15 is 0 Å². The molecule has 1 amide bonds. The number of carbonyl (C=O) groups is 2. The fraction of sp³-hybridized carbons (Fsp3) is 0.250. The number of esters is 1. The third kappa shape index (κ3) is 6.57. The fourth-order valence-corrected chi connectivity index (χ4v) is 7.12. The number of rotatable bonds is 11. The molecule has 1 aliphatic carbocycles. The zero-order valence-corrected chi connectivity index (χ0v) is 26.9. The van der Waals surface area contributed by atoms with E-state index in [9.17, 15) is 14.4 Å². The maximum absolute atomic E-state index is 13.8. The van der Waals surface area contributed by atoms with Gasteiger partial charge in [-0.3, -0.25) is 14.2 Å². The van der Waals surface area contributed by atoms with E-state index in [2.05, 4.69) is 29.0 Å². The van der Waals surface area contributed by atoms with Crippen LogP contribution in [0.25, 0.3) is 22.4 Å². The predicted octanol–water partition coefficient (Wildman–Crippen LogP) is 6.74. The highest BCUT2D eigenvalue weighted by Gasteiger charge is 2.25. The Labute approximate surface area is 268 Å². The van der Waals surface area contributed by atoms with Gasteiger partial charge in [0.05, 0.1) is 37.8 Å². The average molecular weight is 650 g/mol. The van der Waals surface area contributed by atoms with Gasteiger partial charge in [0.25, 0.3) is 5.56 Å². The molecule has 1 aliphatic rings. The number of ether oxygens (including phenoxy) is 3. The van der Waals surface area contributed by atoms with Crippen LogP contribution < -0.4 is 20.3 Å². The fourth-order valence-electron chi connectivity index (χ4n) is 4.94. The predicted molar refractivity (Wildman–Crippen MR) is 177 cm³/mol. The molecular formula is C32H31N3O6S3. The van der Waals surface area contributed by atoms with E-state index in [0.717, 1.165) is 36.6 Å². The number of thiol groups is 1. The summed E-state index contributed by atoms with van der Waals surface area (Å²) in [4.78, 5) is 44.8. The molecule has 12 heteroatoms. The number of thioether (sulfide) groups is 1. The largest absolute Gasteiger partial charge is 0.493 e. The van der Waals surface area contributed by atoms with Crippen molar-refractivity contribution < 1.29 is 23.8 Å². The number of amides is 1. The molecule has 0 saturated heterocycles. The smallest absolute Gasteiger partial charge is 0.341 e. The normalized spacial score (nSPS) is 12.5. The molecule has 9 nitrogen and oxygen atoms in total. The van der Waals surface area contributed by atoms with E-state index < -0.39 is 5.97 Å². The number of nitrogens with one attached hydrogen (secondary N) is 1. The summed E-state index contributed by atoms with van der Waals surface area (Å²) >= 11 is 6.90. The molecule has 2 heterocycles. The first-order chi connectivity index (χ1) is 21.4. The molecule has 0 aliphatic heterocycles. The Bertz CT molecular complexity index is 1780. The van der Waals surface area contributed by atoms with Crippen LogP contribution in [-0.4, -0.2) is 48.0 Å². The number of para-hydroxylation sites is 1.